The van der Waals surface area contributed by atoms with Gasteiger partial charge in [-0.1, -0.05) is 32.9 Å². The Morgan fingerprint density at radius 2 is 1.70 bits per heavy atom. The molecular weight excluding hydrogens is 248 g/mol. The van der Waals surface area contributed by atoms with Crippen LogP contribution in [0.15, 0.2) is 55.0 Å². The zero-order chi connectivity index (χ0) is 14.2. The van der Waals surface area contributed by atoms with Crippen molar-refractivity contribution in [3.63, 3.8) is 0 Å². The summed E-state index contributed by atoms with van der Waals surface area (Å²) in [6.07, 6.45) is 5.63. The molecule has 20 heavy (non-hydrogen) atoms. The molecule has 0 aliphatic heterocycles. The predicted molar refractivity (Wildman–Crippen MR) is 80.4 cm³/mol. The molecule has 2 heterocycles. The van der Waals surface area contributed by atoms with Crippen LogP contribution < -0.4 is 4.74 Å². The average Bonchev–Trinajstić information content (AvgIpc) is 2.86. The van der Waals surface area contributed by atoms with E-state index in [1.54, 1.807) is 6.20 Å². The number of aromatic nitrogens is 2. The van der Waals surface area contributed by atoms with Gasteiger partial charge in [0.2, 0.25) is 0 Å². The third-order valence-electron chi connectivity index (χ3n) is 3.33. The number of rotatable bonds is 2. The second-order valence-corrected chi connectivity index (χ2v) is 5.93. The number of benzene rings is 1. The van der Waals surface area contributed by atoms with E-state index in [2.05, 4.69) is 37.9 Å². The van der Waals surface area contributed by atoms with Crippen LogP contribution in [0.4, 0.5) is 0 Å². The van der Waals surface area contributed by atoms with E-state index in [0.29, 0.717) is 0 Å². The molecule has 0 N–H and O–H groups in total. The van der Waals surface area contributed by atoms with E-state index in [0.717, 1.165) is 17.1 Å². The highest BCUT2D eigenvalue weighted by Crippen LogP contribution is 2.27. The molecule has 0 amide bonds. The Bertz CT molecular complexity index is 721. The van der Waals surface area contributed by atoms with Gasteiger partial charge >= 0.3 is 0 Å². The van der Waals surface area contributed by atoms with Crippen LogP contribution in [-0.4, -0.2) is 9.38 Å². The first-order chi connectivity index (χ1) is 9.52. The summed E-state index contributed by atoms with van der Waals surface area (Å²) in [6.45, 7) is 6.61. The summed E-state index contributed by atoms with van der Waals surface area (Å²) >= 11 is 0. The largest absolute Gasteiger partial charge is 0.457 e. The van der Waals surface area contributed by atoms with Crippen LogP contribution in [0, 0.1) is 0 Å². The van der Waals surface area contributed by atoms with E-state index in [1.165, 1.54) is 5.56 Å². The first-order valence-corrected chi connectivity index (χ1v) is 6.73. The van der Waals surface area contributed by atoms with Crippen LogP contribution in [-0.2, 0) is 5.41 Å². The summed E-state index contributed by atoms with van der Waals surface area (Å²) in [5.41, 5.74) is 2.34. The maximum atomic E-state index is 5.87. The van der Waals surface area contributed by atoms with E-state index in [-0.39, 0.29) is 5.41 Å². The topological polar surface area (TPSA) is 26.5 Å². The average molecular weight is 266 g/mol. The summed E-state index contributed by atoms with van der Waals surface area (Å²) in [5.74, 6) is 1.64. The van der Waals surface area contributed by atoms with Gasteiger partial charge in [-0.05, 0) is 29.2 Å². The zero-order valence-electron chi connectivity index (χ0n) is 12.0. The highest BCUT2D eigenvalue weighted by atomic mass is 16.5. The minimum absolute atomic E-state index is 0.160. The number of nitrogens with zero attached hydrogens (tertiary/aromatic N) is 2. The lowest BCUT2D eigenvalue weighted by Crippen LogP contribution is -2.10. The lowest BCUT2D eigenvalue weighted by molar-refractivity contribution is 0.481. The molecule has 2 aromatic heterocycles. The first kappa shape index (κ1) is 12.7. The van der Waals surface area contributed by atoms with Crippen molar-refractivity contribution in [3.05, 3.63) is 60.6 Å². The fourth-order valence-corrected chi connectivity index (χ4v) is 2.11. The van der Waals surface area contributed by atoms with Crippen molar-refractivity contribution in [2.24, 2.45) is 0 Å². The Labute approximate surface area is 118 Å². The Balaban J connectivity index is 1.83. The predicted octanol–water partition coefficient (Wildman–Crippen LogP) is 4.42. The van der Waals surface area contributed by atoms with Crippen LogP contribution in [0.25, 0.3) is 5.65 Å². The lowest BCUT2D eigenvalue weighted by atomic mass is 9.87. The van der Waals surface area contributed by atoms with Crippen molar-refractivity contribution >= 4 is 5.65 Å². The Morgan fingerprint density at radius 1 is 0.950 bits per heavy atom. The van der Waals surface area contributed by atoms with E-state index in [1.807, 2.05) is 41.1 Å². The zero-order valence-corrected chi connectivity index (χ0v) is 12.0. The Hall–Kier alpha value is -2.29. The highest BCUT2D eigenvalue weighted by Gasteiger charge is 2.13. The van der Waals surface area contributed by atoms with Crippen LogP contribution in [0.1, 0.15) is 26.3 Å². The quantitative estimate of drug-likeness (QED) is 0.686. The van der Waals surface area contributed by atoms with Crippen molar-refractivity contribution in [2.75, 3.05) is 0 Å². The van der Waals surface area contributed by atoms with Crippen LogP contribution in [0.5, 0.6) is 11.5 Å². The van der Waals surface area contributed by atoms with Gasteiger partial charge in [0.1, 0.15) is 17.1 Å². The van der Waals surface area contributed by atoms with Crippen molar-refractivity contribution in [3.8, 4) is 11.5 Å². The summed E-state index contributed by atoms with van der Waals surface area (Å²) in [6, 6.07) is 12.1. The number of imidazole rings is 1. The number of hydrogen-bond acceptors (Lipinski definition) is 2. The molecule has 3 rings (SSSR count). The maximum absolute atomic E-state index is 5.87. The van der Waals surface area contributed by atoms with Crippen molar-refractivity contribution in [1.29, 1.82) is 0 Å². The van der Waals surface area contributed by atoms with Gasteiger partial charge in [-0.15, -0.1) is 0 Å². The van der Waals surface area contributed by atoms with Crippen LogP contribution in [0.3, 0.4) is 0 Å². The van der Waals surface area contributed by atoms with Crippen LogP contribution >= 0.6 is 0 Å². The molecule has 3 nitrogen and oxygen atoms in total. The molecule has 3 aromatic rings. The Kier molecular flexibility index (Phi) is 2.97. The third-order valence-corrected chi connectivity index (χ3v) is 3.33. The van der Waals surface area contributed by atoms with Gasteiger partial charge in [-0.25, -0.2) is 4.98 Å². The minimum atomic E-state index is 0.160. The number of ether oxygens (including phenoxy) is 1. The SMILES string of the molecule is CC(C)(C)c1ccc(Oc2ccn3ccnc3c2)cc1. The van der Waals surface area contributed by atoms with E-state index in [9.17, 15) is 0 Å². The molecular formula is C17H18N2O. The number of hydrogen-bond donors (Lipinski definition) is 0. The smallest absolute Gasteiger partial charge is 0.140 e. The second-order valence-electron chi connectivity index (χ2n) is 5.93. The molecule has 1 aromatic carbocycles. The molecule has 0 atom stereocenters. The normalized spacial score (nSPS) is 11.8. The third kappa shape index (κ3) is 2.52. The van der Waals surface area contributed by atoms with Gasteiger partial charge in [0.15, 0.2) is 0 Å². The van der Waals surface area contributed by atoms with Crippen molar-refractivity contribution < 1.29 is 4.74 Å². The van der Waals surface area contributed by atoms with Gasteiger partial charge in [0.05, 0.1) is 0 Å². The maximum Gasteiger partial charge on any atom is 0.140 e. The van der Waals surface area contributed by atoms with Gasteiger partial charge in [0, 0.05) is 24.7 Å². The molecule has 102 valence electrons. The van der Waals surface area contributed by atoms with E-state index < -0.39 is 0 Å². The fraction of sp³-hybridized carbons (Fsp3) is 0.235. The molecule has 0 saturated carbocycles. The summed E-state index contributed by atoms with van der Waals surface area (Å²) in [4.78, 5) is 4.25. The molecule has 0 unspecified atom stereocenters. The molecule has 0 spiro atoms. The van der Waals surface area contributed by atoms with E-state index >= 15 is 0 Å². The number of fused-ring (bicyclic) bond motifs is 1. The van der Waals surface area contributed by atoms with E-state index in [4.69, 9.17) is 4.74 Å². The van der Waals surface area contributed by atoms with Crippen molar-refractivity contribution in [2.45, 2.75) is 26.2 Å². The molecule has 0 saturated heterocycles. The molecule has 0 radical (unpaired) electrons. The van der Waals surface area contributed by atoms with Gasteiger partial charge in [-0.2, -0.15) is 0 Å². The standard InChI is InChI=1S/C17H18N2O/c1-17(2,3)13-4-6-14(7-5-13)20-15-8-10-19-11-9-18-16(19)12-15/h4-12H,1-3H3. The monoisotopic (exact) mass is 266 g/mol. The summed E-state index contributed by atoms with van der Waals surface area (Å²) in [7, 11) is 0. The van der Waals surface area contributed by atoms with Gasteiger partial charge in [0.25, 0.3) is 0 Å². The van der Waals surface area contributed by atoms with Gasteiger partial charge in [-0.3, -0.25) is 0 Å². The van der Waals surface area contributed by atoms with Crippen molar-refractivity contribution in [1.82, 2.24) is 9.38 Å². The molecule has 3 heteroatoms. The van der Waals surface area contributed by atoms with Crippen LogP contribution in [0.2, 0.25) is 0 Å². The highest BCUT2D eigenvalue weighted by molar-refractivity contribution is 5.45. The minimum Gasteiger partial charge on any atom is -0.457 e. The Morgan fingerprint density at radius 3 is 2.40 bits per heavy atom. The summed E-state index contributed by atoms with van der Waals surface area (Å²) in [5, 5.41) is 0. The number of pyridine rings is 1. The lowest BCUT2D eigenvalue weighted by Gasteiger charge is -2.19. The van der Waals surface area contributed by atoms with Gasteiger partial charge < -0.3 is 9.14 Å². The fourth-order valence-electron chi connectivity index (χ4n) is 2.11. The molecule has 0 aliphatic rings. The summed E-state index contributed by atoms with van der Waals surface area (Å²) < 4.78 is 7.82. The molecule has 0 aliphatic carbocycles. The molecule has 0 bridgehead atoms. The second kappa shape index (κ2) is 4.67. The first-order valence-electron chi connectivity index (χ1n) is 6.73. The molecule has 0 fully saturated rings.